The maximum absolute atomic E-state index is 13.5. The lowest BCUT2D eigenvalue weighted by atomic mass is 10.2. The van der Waals surface area contributed by atoms with Gasteiger partial charge in [-0.2, -0.15) is 18.2 Å². The Morgan fingerprint density at radius 1 is 1.11 bits per heavy atom. The zero-order valence-corrected chi connectivity index (χ0v) is 21.2. The molecule has 0 unspecified atom stereocenters. The number of carbonyl (C=O) groups excluding carboxylic acids is 1. The molecule has 0 spiro atoms. The van der Waals surface area contributed by atoms with Gasteiger partial charge < -0.3 is 15.4 Å². The molecule has 0 atom stereocenters. The third kappa shape index (κ3) is 5.82. The molecule has 2 N–H and O–H groups in total. The Hall–Kier alpha value is -3.09. The van der Waals surface area contributed by atoms with Gasteiger partial charge in [-0.05, 0) is 42.5 Å². The average molecular weight is 607 g/mol. The summed E-state index contributed by atoms with van der Waals surface area (Å²) in [6.07, 6.45) is -4.66. The summed E-state index contributed by atoms with van der Waals surface area (Å²) in [7, 11) is 1.52. The third-order valence-electron chi connectivity index (χ3n) is 4.77. The predicted octanol–water partition coefficient (Wildman–Crippen LogP) is 7.11. The topological polar surface area (TPSA) is 81.1 Å². The molecule has 2 aromatic carbocycles. The number of benzene rings is 2. The van der Waals surface area contributed by atoms with Crippen molar-refractivity contribution in [2.45, 2.75) is 6.18 Å². The Balaban J connectivity index is 1.75. The highest BCUT2D eigenvalue weighted by Crippen LogP contribution is 2.35. The second-order valence-corrected chi connectivity index (χ2v) is 9.14. The molecule has 0 aliphatic rings. The van der Waals surface area contributed by atoms with Crippen LogP contribution in [0.4, 0.5) is 34.9 Å². The molecule has 0 aliphatic heterocycles. The van der Waals surface area contributed by atoms with E-state index in [9.17, 15) is 22.4 Å². The molecule has 14 heteroatoms. The summed E-state index contributed by atoms with van der Waals surface area (Å²) in [4.78, 5) is 21.4. The van der Waals surface area contributed by atoms with Crippen molar-refractivity contribution in [3.8, 4) is 5.88 Å². The Morgan fingerprint density at radius 2 is 1.75 bits per heavy atom. The quantitative estimate of drug-likeness (QED) is 0.229. The summed E-state index contributed by atoms with van der Waals surface area (Å²) in [6, 6.07) is 9.91. The number of imidazole rings is 1. The molecule has 1 amide bonds. The van der Waals surface area contributed by atoms with Crippen molar-refractivity contribution in [2.24, 2.45) is 7.05 Å². The number of hydrogen-bond acceptors (Lipinski definition) is 5. The van der Waals surface area contributed by atoms with Crippen LogP contribution in [0.1, 0.15) is 10.4 Å². The van der Waals surface area contributed by atoms with Gasteiger partial charge in [0.1, 0.15) is 16.9 Å². The van der Waals surface area contributed by atoms with Gasteiger partial charge in [0, 0.05) is 17.2 Å². The van der Waals surface area contributed by atoms with Crippen molar-refractivity contribution in [1.82, 2.24) is 14.5 Å². The van der Waals surface area contributed by atoms with Crippen LogP contribution in [-0.4, -0.2) is 33.2 Å². The van der Waals surface area contributed by atoms with Crippen LogP contribution in [0.25, 0.3) is 11.2 Å². The molecule has 0 aliphatic carbocycles. The summed E-state index contributed by atoms with van der Waals surface area (Å²) >= 11 is 15.4. The number of hydrogen-bond donors (Lipinski definition) is 2. The zero-order chi connectivity index (χ0) is 26.2. The van der Waals surface area contributed by atoms with E-state index >= 15 is 0 Å². The predicted molar refractivity (Wildman–Crippen MR) is 132 cm³/mol. The highest BCUT2D eigenvalue weighted by Gasteiger charge is 2.30. The van der Waals surface area contributed by atoms with E-state index in [4.69, 9.17) is 27.9 Å². The Kier molecular flexibility index (Phi) is 7.30. The van der Waals surface area contributed by atoms with Crippen molar-refractivity contribution in [3.05, 3.63) is 68.4 Å². The van der Waals surface area contributed by atoms with E-state index < -0.39 is 30.4 Å². The molecule has 0 bridgehead atoms. The molecule has 4 aromatic rings. The van der Waals surface area contributed by atoms with Gasteiger partial charge in [0.15, 0.2) is 12.3 Å². The molecule has 2 aromatic heterocycles. The number of anilines is 3. The minimum Gasteiger partial charge on any atom is -0.467 e. The lowest BCUT2D eigenvalue weighted by Gasteiger charge is -2.13. The number of amides is 1. The van der Waals surface area contributed by atoms with Crippen LogP contribution in [0, 0.1) is 5.82 Å². The highest BCUT2D eigenvalue weighted by molar-refractivity contribution is 9.10. The van der Waals surface area contributed by atoms with Gasteiger partial charge >= 0.3 is 6.18 Å². The Labute approximate surface area is 219 Å². The molecule has 4 rings (SSSR count). The van der Waals surface area contributed by atoms with Crippen molar-refractivity contribution < 1.29 is 27.1 Å². The van der Waals surface area contributed by atoms with Gasteiger partial charge in [-0.25, -0.2) is 9.37 Å². The molecule has 36 heavy (non-hydrogen) atoms. The summed E-state index contributed by atoms with van der Waals surface area (Å²) in [5.74, 6) is -1.81. The fourth-order valence-corrected chi connectivity index (χ4v) is 3.95. The SMILES string of the molecule is Cn1c(Nc2c(Cl)cc(F)cc2Cl)nc2cc(C(=O)Nc3ccc(Br)cc3)c(OCC(F)(F)F)nc21. The smallest absolute Gasteiger partial charge is 0.422 e. The van der Waals surface area contributed by atoms with Gasteiger partial charge in [-0.1, -0.05) is 39.1 Å². The standard InChI is InChI=1S/C22H14BrCl2F4N5O2/c1-34-18-16(31-21(34)32-17-14(24)6-11(26)7-15(17)25)8-13(20(33-18)36-9-22(27,28)29)19(35)30-12-4-2-10(23)3-5-12/h2-8H,9H2,1H3,(H,30,35)(H,31,32). The van der Waals surface area contributed by atoms with Gasteiger partial charge in [0.2, 0.25) is 11.8 Å². The third-order valence-corrected chi connectivity index (χ3v) is 5.90. The number of ether oxygens (including phenoxy) is 1. The highest BCUT2D eigenvalue weighted by atomic mass is 79.9. The number of pyridine rings is 1. The number of halogens is 7. The van der Waals surface area contributed by atoms with Crippen molar-refractivity contribution in [3.63, 3.8) is 0 Å². The largest absolute Gasteiger partial charge is 0.467 e. The van der Waals surface area contributed by atoms with Crippen LogP contribution >= 0.6 is 39.1 Å². The van der Waals surface area contributed by atoms with Gasteiger partial charge in [-0.15, -0.1) is 0 Å². The molecule has 0 fully saturated rings. The van der Waals surface area contributed by atoms with Gasteiger partial charge in [0.05, 0.1) is 15.7 Å². The number of rotatable bonds is 6. The zero-order valence-electron chi connectivity index (χ0n) is 18.1. The maximum Gasteiger partial charge on any atom is 0.422 e. The van der Waals surface area contributed by atoms with Crippen molar-refractivity contribution in [2.75, 3.05) is 17.2 Å². The van der Waals surface area contributed by atoms with Crippen LogP contribution in [0.5, 0.6) is 5.88 Å². The lowest BCUT2D eigenvalue weighted by molar-refractivity contribution is -0.154. The van der Waals surface area contributed by atoms with Crippen LogP contribution in [0.15, 0.2) is 46.9 Å². The van der Waals surface area contributed by atoms with Crippen molar-refractivity contribution in [1.29, 1.82) is 0 Å². The van der Waals surface area contributed by atoms with Crippen LogP contribution in [0.3, 0.4) is 0 Å². The van der Waals surface area contributed by atoms with Gasteiger partial charge in [0.25, 0.3) is 5.91 Å². The van der Waals surface area contributed by atoms with E-state index in [0.717, 1.165) is 16.6 Å². The average Bonchev–Trinajstić information content (AvgIpc) is 3.09. The number of aryl methyl sites for hydroxylation is 1. The fourth-order valence-electron chi connectivity index (χ4n) is 3.13. The van der Waals surface area contributed by atoms with Crippen LogP contribution in [0.2, 0.25) is 10.0 Å². The first-order valence-corrected chi connectivity index (χ1v) is 11.5. The number of nitrogens with one attached hydrogen (secondary N) is 2. The Bertz CT molecular complexity index is 1440. The lowest BCUT2D eigenvalue weighted by Crippen LogP contribution is -2.22. The number of carbonyl (C=O) groups is 1. The first kappa shape index (κ1) is 26.0. The van der Waals surface area contributed by atoms with E-state index in [-0.39, 0.29) is 38.4 Å². The van der Waals surface area contributed by atoms with E-state index in [0.29, 0.717) is 5.69 Å². The van der Waals surface area contributed by atoms with Crippen LogP contribution in [-0.2, 0) is 7.05 Å². The molecule has 2 heterocycles. The molecule has 7 nitrogen and oxygen atoms in total. The minimum atomic E-state index is -4.66. The monoisotopic (exact) mass is 605 g/mol. The minimum absolute atomic E-state index is 0.0243. The normalized spacial score (nSPS) is 11.6. The van der Waals surface area contributed by atoms with E-state index in [2.05, 4.69) is 36.5 Å². The number of nitrogens with zero attached hydrogens (tertiary/aromatic N) is 3. The molecular formula is C22H14BrCl2F4N5O2. The summed E-state index contributed by atoms with van der Waals surface area (Å²) < 4.78 is 59.2. The van der Waals surface area contributed by atoms with Crippen molar-refractivity contribution >= 4 is 73.5 Å². The second-order valence-electron chi connectivity index (χ2n) is 7.41. The number of fused-ring (bicyclic) bond motifs is 1. The first-order valence-electron chi connectivity index (χ1n) is 9.97. The van der Waals surface area contributed by atoms with Crippen LogP contribution < -0.4 is 15.4 Å². The maximum atomic E-state index is 13.5. The van der Waals surface area contributed by atoms with E-state index in [1.807, 2.05) is 0 Å². The molecule has 188 valence electrons. The molecule has 0 radical (unpaired) electrons. The number of alkyl halides is 3. The first-order chi connectivity index (χ1) is 16.9. The number of aromatic nitrogens is 3. The molecule has 0 saturated heterocycles. The molecular weight excluding hydrogens is 593 g/mol. The van der Waals surface area contributed by atoms with E-state index in [1.54, 1.807) is 24.3 Å². The fraction of sp³-hybridized carbons (Fsp3) is 0.136. The molecule has 0 saturated carbocycles. The summed E-state index contributed by atoms with van der Waals surface area (Å²) in [5, 5.41) is 5.39. The second kappa shape index (κ2) is 10.1. The summed E-state index contributed by atoms with van der Waals surface area (Å²) in [5.41, 5.74) is 0.546. The Morgan fingerprint density at radius 3 is 2.36 bits per heavy atom. The van der Waals surface area contributed by atoms with Gasteiger partial charge in [-0.3, -0.25) is 9.36 Å². The summed E-state index contributed by atoms with van der Waals surface area (Å²) in [6.45, 7) is -1.66. The van der Waals surface area contributed by atoms with E-state index in [1.165, 1.54) is 17.7 Å².